The van der Waals surface area contributed by atoms with E-state index in [1.165, 1.54) is 5.56 Å². The van der Waals surface area contributed by atoms with Gasteiger partial charge in [0.05, 0.1) is 24.8 Å². The van der Waals surface area contributed by atoms with Gasteiger partial charge in [0.25, 0.3) is 0 Å². The van der Waals surface area contributed by atoms with Crippen LogP contribution in [-0.2, 0) is 16.0 Å². The van der Waals surface area contributed by atoms with Crippen molar-refractivity contribution in [3.8, 4) is 0 Å². The van der Waals surface area contributed by atoms with Crippen LogP contribution in [0.4, 0.5) is 5.82 Å². The fourth-order valence-corrected chi connectivity index (χ4v) is 3.31. The average molecular weight is 499 g/mol. The molecule has 2 heterocycles. The maximum absolute atomic E-state index is 5.74. The van der Waals surface area contributed by atoms with Crippen molar-refractivity contribution < 1.29 is 9.47 Å². The minimum absolute atomic E-state index is 0. The van der Waals surface area contributed by atoms with E-state index in [-0.39, 0.29) is 30.1 Å². The molecule has 1 aliphatic heterocycles. The SMILES string of the molecule is CN=C(NCc1cc(N(C)C)nc2ccccc12)N1CCOC(COC)C1.I. The Morgan fingerprint density at radius 3 is 2.89 bits per heavy atom. The first-order chi connectivity index (χ1) is 13.1. The number of hydrogen-bond acceptors (Lipinski definition) is 5. The lowest BCUT2D eigenvalue weighted by Gasteiger charge is -2.34. The number of nitrogens with zero attached hydrogens (tertiary/aromatic N) is 4. The largest absolute Gasteiger partial charge is 0.382 e. The van der Waals surface area contributed by atoms with Crippen molar-refractivity contribution in [1.29, 1.82) is 0 Å². The molecule has 1 fully saturated rings. The van der Waals surface area contributed by atoms with Crippen molar-refractivity contribution >= 4 is 46.7 Å². The van der Waals surface area contributed by atoms with Crippen LogP contribution in [0.3, 0.4) is 0 Å². The van der Waals surface area contributed by atoms with Crippen LogP contribution in [0.15, 0.2) is 35.3 Å². The molecule has 0 aliphatic carbocycles. The van der Waals surface area contributed by atoms with Crippen LogP contribution >= 0.6 is 24.0 Å². The van der Waals surface area contributed by atoms with Crippen LogP contribution in [0.2, 0.25) is 0 Å². The third kappa shape index (κ3) is 5.45. The minimum Gasteiger partial charge on any atom is -0.382 e. The van der Waals surface area contributed by atoms with Gasteiger partial charge in [-0.15, -0.1) is 24.0 Å². The van der Waals surface area contributed by atoms with Crippen molar-refractivity contribution in [2.24, 2.45) is 4.99 Å². The molecule has 0 spiro atoms. The van der Waals surface area contributed by atoms with E-state index in [9.17, 15) is 0 Å². The molecular weight excluding hydrogens is 469 g/mol. The van der Waals surface area contributed by atoms with Gasteiger partial charge in [-0.05, 0) is 17.7 Å². The van der Waals surface area contributed by atoms with Crippen molar-refractivity contribution in [2.45, 2.75) is 12.6 Å². The molecule has 7 nitrogen and oxygen atoms in total. The van der Waals surface area contributed by atoms with Gasteiger partial charge in [0.2, 0.25) is 0 Å². The van der Waals surface area contributed by atoms with Crippen LogP contribution < -0.4 is 10.2 Å². The molecule has 2 aromatic rings. The molecule has 1 unspecified atom stereocenters. The predicted molar refractivity (Wildman–Crippen MR) is 125 cm³/mol. The number of pyridine rings is 1. The number of guanidine groups is 1. The Labute approximate surface area is 184 Å². The number of ether oxygens (including phenoxy) is 2. The molecule has 0 amide bonds. The highest BCUT2D eigenvalue weighted by molar-refractivity contribution is 14.0. The molecule has 154 valence electrons. The number of morpholine rings is 1. The minimum atomic E-state index is 0. The highest BCUT2D eigenvalue weighted by Gasteiger charge is 2.22. The zero-order valence-electron chi connectivity index (χ0n) is 17.0. The van der Waals surface area contributed by atoms with Gasteiger partial charge in [0.15, 0.2) is 5.96 Å². The van der Waals surface area contributed by atoms with Crippen LogP contribution in [0.5, 0.6) is 0 Å². The number of methoxy groups -OCH3 is 1. The van der Waals surface area contributed by atoms with E-state index < -0.39 is 0 Å². The Balaban J connectivity index is 0.00000280. The van der Waals surface area contributed by atoms with E-state index in [1.54, 1.807) is 7.11 Å². The molecule has 1 atom stereocenters. The molecule has 1 N–H and O–H groups in total. The van der Waals surface area contributed by atoms with E-state index in [0.29, 0.717) is 19.8 Å². The number of para-hydroxylation sites is 1. The summed E-state index contributed by atoms with van der Waals surface area (Å²) in [6.07, 6.45) is 0.0735. The lowest BCUT2D eigenvalue weighted by molar-refractivity contribution is -0.0447. The van der Waals surface area contributed by atoms with Crippen LogP contribution in [0.25, 0.3) is 10.9 Å². The molecule has 1 aliphatic rings. The van der Waals surface area contributed by atoms with E-state index in [1.807, 2.05) is 32.1 Å². The molecule has 3 rings (SSSR count). The average Bonchev–Trinajstić information content (AvgIpc) is 2.68. The summed E-state index contributed by atoms with van der Waals surface area (Å²) >= 11 is 0. The molecule has 1 saturated heterocycles. The van der Waals surface area contributed by atoms with Crippen molar-refractivity contribution in [1.82, 2.24) is 15.2 Å². The third-order valence-corrected chi connectivity index (χ3v) is 4.69. The standard InChI is InChI=1S/C20H29N5O2.HI/c1-21-20(25-9-10-27-16(13-25)14-26-4)22-12-15-11-19(24(2)3)23-18-8-6-5-7-17(15)18;/h5-8,11,16H,9-10,12-14H2,1-4H3,(H,21,22);1H. The molecule has 1 aromatic heterocycles. The molecule has 0 bridgehead atoms. The first-order valence-corrected chi connectivity index (χ1v) is 9.24. The van der Waals surface area contributed by atoms with Gasteiger partial charge in [-0.3, -0.25) is 4.99 Å². The number of aliphatic imine (C=N–C) groups is 1. The van der Waals surface area contributed by atoms with Crippen LogP contribution in [0.1, 0.15) is 5.56 Å². The van der Waals surface area contributed by atoms with Crippen molar-refractivity contribution in [2.75, 3.05) is 59.5 Å². The summed E-state index contributed by atoms with van der Waals surface area (Å²) in [5.74, 6) is 1.83. The van der Waals surface area contributed by atoms with Gasteiger partial charge < -0.3 is 24.6 Å². The highest BCUT2D eigenvalue weighted by Crippen LogP contribution is 2.22. The fourth-order valence-electron chi connectivity index (χ4n) is 3.31. The van der Waals surface area contributed by atoms with Crippen molar-refractivity contribution in [3.05, 3.63) is 35.9 Å². The van der Waals surface area contributed by atoms with Crippen LogP contribution in [0, 0.1) is 0 Å². The number of halogens is 1. The number of anilines is 1. The number of hydrogen-bond donors (Lipinski definition) is 1. The second-order valence-corrected chi connectivity index (χ2v) is 6.85. The summed E-state index contributed by atoms with van der Waals surface area (Å²) in [7, 11) is 7.54. The monoisotopic (exact) mass is 499 g/mol. The second-order valence-electron chi connectivity index (χ2n) is 6.85. The Hall–Kier alpha value is -1.65. The number of nitrogens with one attached hydrogen (secondary N) is 1. The lowest BCUT2D eigenvalue weighted by atomic mass is 10.1. The smallest absolute Gasteiger partial charge is 0.194 e. The number of rotatable bonds is 5. The summed E-state index contributed by atoms with van der Waals surface area (Å²) in [5, 5.41) is 4.67. The molecular formula is C20H30IN5O2. The zero-order chi connectivity index (χ0) is 19.2. The Kier molecular flexibility index (Phi) is 8.71. The Bertz CT molecular complexity index is 797. The van der Waals surface area contributed by atoms with E-state index >= 15 is 0 Å². The lowest BCUT2D eigenvalue weighted by Crippen LogP contribution is -2.51. The first kappa shape index (κ1) is 22.6. The van der Waals surface area contributed by atoms with Gasteiger partial charge in [-0.25, -0.2) is 4.98 Å². The van der Waals surface area contributed by atoms with Gasteiger partial charge in [-0.1, -0.05) is 18.2 Å². The normalized spacial score (nSPS) is 17.4. The molecule has 28 heavy (non-hydrogen) atoms. The fraction of sp³-hybridized carbons (Fsp3) is 0.500. The molecule has 0 radical (unpaired) electrons. The third-order valence-electron chi connectivity index (χ3n) is 4.69. The van der Waals surface area contributed by atoms with Gasteiger partial charge in [0, 0.05) is 53.3 Å². The predicted octanol–water partition coefficient (Wildman–Crippen LogP) is 2.34. The summed E-state index contributed by atoms with van der Waals surface area (Å²) in [6, 6.07) is 10.4. The van der Waals surface area contributed by atoms with Gasteiger partial charge in [0.1, 0.15) is 5.82 Å². The van der Waals surface area contributed by atoms with E-state index in [4.69, 9.17) is 14.5 Å². The van der Waals surface area contributed by atoms with Gasteiger partial charge in [-0.2, -0.15) is 0 Å². The van der Waals surface area contributed by atoms with Crippen molar-refractivity contribution in [3.63, 3.8) is 0 Å². The number of aromatic nitrogens is 1. The summed E-state index contributed by atoms with van der Waals surface area (Å²) in [5.41, 5.74) is 2.20. The number of benzene rings is 1. The first-order valence-electron chi connectivity index (χ1n) is 9.24. The maximum Gasteiger partial charge on any atom is 0.194 e. The van der Waals surface area contributed by atoms with Crippen LogP contribution in [-0.4, -0.2) is 76.5 Å². The quantitative estimate of drug-likeness (QED) is 0.387. The Morgan fingerprint density at radius 2 is 2.18 bits per heavy atom. The molecule has 0 saturated carbocycles. The van der Waals surface area contributed by atoms with E-state index in [2.05, 4.69) is 39.5 Å². The summed E-state index contributed by atoms with van der Waals surface area (Å²) in [6.45, 7) is 3.54. The molecule has 1 aromatic carbocycles. The number of fused-ring (bicyclic) bond motifs is 1. The summed E-state index contributed by atoms with van der Waals surface area (Å²) in [4.78, 5) is 13.5. The topological polar surface area (TPSA) is 62.2 Å². The molecule has 8 heteroatoms. The van der Waals surface area contributed by atoms with Gasteiger partial charge >= 0.3 is 0 Å². The Morgan fingerprint density at radius 1 is 1.39 bits per heavy atom. The maximum atomic E-state index is 5.74. The second kappa shape index (κ2) is 10.8. The van der Waals surface area contributed by atoms with E-state index in [0.717, 1.165) is 35.8 Å². The highest BCUT2D eigenvalue weighted by atomic mass is 127. The zero-order valence-corrected chi connectivity index (χ0v) is 19.3. The summed E-state index contributed by atoms with van der Waals surface area (Å²) < 4.78 is 11.0.